The largest absolute Gasteiger partial charge is 0.369 e. The average molecular weight is 337 g/mol. The topological polar surface area (TPSA) is 123 Å². The third-order valence-electron chi connectivity index (χ3n) is 4.10. The third-order valence-corrected chi connectivity index (χ3v) is 4.10. The molecule has 0 spiro atoms. The molecule has 1 saturated heterocycles. The van der Waals surface area contributed by atoms with Gasteiger partial charge in [-0.1, -0.05) is 12.1 Å². The van der Waals surface area contributed by atoms with Crippen molar-refractivity contribution in [1.29, 1.82) is 0 Å². The first-order chi connectivity index (χ1) is 11.4. The van der Waals surface area contributed by atoms with Crippen LogP contribution in [0, 0.1) is 5.92 Å². The van der Waals surface area contributed by atoms with E-state index in [2.05, 4.69) is 10.1 Å². The summed E-state index contributed by atoms with van der Waals surface area (Å²) >= 11 is 0. The number of primary amides is 1. The molecule has 9 heteroatoms. The van der Waals surface area contributed by atoms with Crippen molar-refractivity contribution in [3.8, 4) is 0 Å². The van der Waals surface area contributed by atoms with Crippen molar-refractivity contribution in [2.45, 2.75) is 33.1 Å². The quantitative estimate of drug-likeness (QED) is 0.762. The summed E-state index contributed by atoms with van der Waals surface area (Å²) in [6, 6.07) is 0. The van der Waals surface area contributed by atoms with E-state index in [0.29, 0.717) is 37.6 Å². The van der Waals surface area contributed by atoms with E-state index in [0.717, 1.165) is 0 Å². The first kappa shape index (κ1) is 17.9. The molecule has 1 atom stereocenters. The Morgan fingerprint density at radius 1 is 1.25 bits per heavy atom. The van der Waals surface area contributed by atoms with Crippen LogP contribution in [0.1, 0.15) is 32.0 Å². The number of hydrogen-bond donors (Lipinski definition) is 1. The zero-order chi connectivity index (χ0) is 17.7. The summed E-state index contributed by atoms with van der Waals surface area (Å²) in [5, 5.41) is 3.79. The molecule has 1 aromatic rings. The van der Waals surface area contributed by atoms with Gasteiger partial charge in [-0.15, -0.1) is 0 Å². The molecule has 2 heterocycles. The van der Waals surface area contributed by atoms with E-state index >= 15 is 0 Å². The molecule has 2 N–H and O–H groups in total. The van der Waals surface area contributed by atoms with Crippen molar-refractivity contribution in [3.05, 3.63) is 11.7 Å². The van der Waals surface area contributed by atoms with Gasteiger partial charge in [-0.05, 0) is 0 Å². The number of carbonyl (C=O) groups excluding carboxylic acids is 3. The zero-order valence-corrected chi connectivity index (χ0v) is 14.0. The summed E-state index contributed by atoms with van der Waals surface area (Å²) in [5.41, 5.74) is 5.40. The lowest BCUT2D eigenvalue weighted by Gasteiger charge is -2.22. The van der Waals surface area contributed by atoms with Gasteiger partial charge in [0.2, 0.25) is 23.6 Å². The van der Waals surface area contributed by atoms with Gasteiger partial charge in [0.25, 0.3) is 0 Å². The predicted molar refractivity (Wildman–Crippen MR) is 83.5 cm³/mol. The SMILES string of the molecule is CCc1noc(CCC(=O)N2CCN(C(C)=O)CC(C(N)=O)C2)n1. The molecule has 0 aromatic carbocycles. The number of aromatic nitrogens is 2. The van der Waals surface area contributed by atoms with Gasteiger partial charge in [-0.3, -0.25) is 14.4 Å². The van der Waals surface area contributed by atoms with Gasteiger partial charge in [-0.2, -0.15) is 4.98 Å². The Morgan fingerprint density at radius 2 is 1.92 bits per heavy atom. The Hall–Kier alpha value is -2.45. The van der Waals surface area contributed by atoms with Crippen LogP contribution in [0.3, 0.4) is 0 Å². The van der Waals surface area contributed by atoms with Crippen molar-refractivity contribution >= 4 is 17.7 Å². The Kier molecular flexibility index (Phi) is 5.88. The number of carbonyl (C=O) groups is 3. The van der Waals surface area contributed by atoms with E-state index in [4.69, 9.17) is 10.3 Å². The van der Waals surface area contributed by atoms with Crippen molar-refractivity contribution in [3.63, 3.8) is 0 Å². The second kappa shape index (κ2) is 7.89. The fourth-order valence-electron chi connectivity index (χ4n) is 2.61. The van der Waals surface area contributed by atoms with E-state index in [9.17, 15) is 14.4 Å². The standard InChI is InChI=1S/C15H23N5O4/c1-3-12-17-13(24-18-12)4-5-14(22)20-7-6-19(10(2)21)8-11(9-20)15(16)23/h11H,3-9H2,1-2H3,(H2,16,23). The fraction of sp³-hybridized carbons (Fsp3) is 0.667. The zero-order valence-electron chi connectivity index (χ0n) is 14.0. The molecule has 24 heavy (non-hydrogen) atoms. The van der Waals surface area contributed by atoms with Gasteiger partial charge in [0, 0.05) is 52.4 Å². The minimum atomic E-state index is -0.560. The van der Waals surface area contributed by atoms with E-state index in [1.807, 2.05) is 6.92 Å². The van der Waals surface area contributed by atoms with Gasteiger partial charge in [0.15, 0.2) is 5.82 Å². The molecule has 0 aliphatic carbocycles. The van der Waals surface area contributed by atoms with Gasteiger partial charge in [0.05, 0.1) is 5.92 Å². The molecule has 3 amide bonds. The van der Waals surface area contributed by atoms with Gasteiger partial charge < -0.3 is 20.1 Å². The van der Waals surface area contributed by atoms with E-state index in [1.54, 1.807) is 9.80 Å². The number of aryl methyl sites for hydroxylation is 2. The molecular weight excluding hydrogens is 314 g/mol. The normalized spacial score (nSPS) is 18.3. The van der Waals surface area contributed by atoms with Crippen LogP contribution in [0.5, 0.6) is 0 Å². The van der Waals surface area contributed by atoms with Crippen LogP contribution in [-0.2, 0) is 27.2 Å². The molecule has 1 aliphatic rings. The Morgan fingerprint density at radius 3 is 2.50 bits per heavy atom. The molecule has 2 rings (SSSR count). The molecule has 1 aliphatic heterocycles. The lowest BCUT2D eigenvalue weighted by atomic mass is 10.1. The molecule has 0 bridgehead atoms. The third kappa shape index (κ3) is 4.53. The monoisotopic (exact) mass is 337 g/mol. The molecule has 0 saturated carbocycles. The second-order valence-corrected chi connectivity index (χ2v) is 5.86. The minimum Gasteiger partial charge on any atom is -0.369 e. The number of rotatable bonds is 5. The highest BCUT2D eigenvalue weighted by Crippen LogP contribution is 2.12. The number of nitrogens with zero attached hydrogens (tertiary/aromatic N) is 4. The summed E-state index contributed by atoms with van der Waals surface area (Å²) in [6.45, 7) is 4.61. The van der Waals surface area contributed by atoms with Crippen LogP contribution in [0.2, 0.25) is 0 Å². The molecular formula is C15H23N5O4. The minimum absolute atomic E-state index is 0.122. The van der Waals surface area contributed by atoms with E-state index in [1.165, 1.54) is 6.92 Å². The highest BCUT2D eigenvalue weighted by molar-refractivity contribution is 5.81. The van der Waals surface area contributed by atoms with Gasteiger partial charge in [-0.25, -0.2) is 0 Å². The van der Waals surface area contributed by atoms with Crippen molar-refractivity contribution in [1.82, 2.24) is 19.9 Å². The Labute approximate surface area is 140 Å². The fourth-order valence-corrected chi connectivity index (χ4v) is 2.61. The number of nitrogens with two attached hydrogens (primary N) is 1. The summed E-state index contributed by atoms with van der Waals surface area (Å²) < 4.78 is 5.07. The average Bonchev–Trinajstić information content (AvgIpc) is 2.88. The molecule has 9 nitrogen and oxygen atoms in total. The highest BCUT2D eigenvalue weighted by Gasteiger charge is 2.29. The first-order valence-electron chi connectivity index (χ1n) is 8.04. The van der Waals surface area contributed by atoms with Crippen molar-refractivity contribution in [2.75, 3.05) is 26.2 Å². The Balaban J connectivity index is 1.96. The highest BCUT2D eigenvalue weighted by atomic mass is 16.5. The van der Waals surface area contributed by atoms with Gasteiger partial charge in [0.1, 0.15) is 0 Å². The van der Waals surface area contributed by atoms with Crippen LogP contribution in [-0.4, -0.2) is 63.8 Å². The number of amides is 3. The molecule has 1 aromatic heterocycles. The van der Waals surface area contributed by atoms with Crippen LogP contribution >= 0.6 is 0 Å². The maximum Gasteiger partial charge on any atom is 0.227 e. The molecule has 1 fully saturated rings. The van der Waals surface area contributed by atoms with Crippen molar-refractivity contribution < 1.29 is 18.9 Å². The number of hydrogen-bond acceptors (Lipinski definition) is 6. The summed E-state index contributed by atoms with van der Waals surface area (Å²) in [5.74, 6) is -0.290. The maximum absolute atomic E-state index is 12.4. The maximum atomic E-state index is 12.4. The van der Waals surface area contributed by atoms with Crippen LogP contribution < -0.4 is 5.73 Å². The summed E-state index contributed by atoms with van der Waals surface area (Å²) in [6.07, 6.45) is 1.22. The molecule has 1 unspecified atom stereocenters. The van der Waals surface area contributed by atoms with E-state index in [-0.39, 0.29) is 31.3 Å². The second-order valence-electron chi connectivity index (χ2n) is 5.86. The van der Waals surface area contributed by atoms with Crippen LogP contribution in [0.15, 0.2) is 4.52 Å². The molecule has 132 valence electrons. The lowest BCUT2D eigenvalue weighted by molar-refractivity contribution is -0.132. The van der Waals surface area contributed by atoms with Crippen LogP contribution in [0.4, 0.5) is 0 Å². The van der Waals surface area contributed by atoms with Crippen LogP contribution in [0.25, 0.3) is 0 Å². The smallest absolute Gasteiger partial charge is 0.227 e. The Bertz CT molecular complexity index is 615. The summed E-state index contributed by atoms with van der Waals surface area (Å²) in [4.78, 5) is 42.9. The van der Waals surface area contributed by atoms with E-state index < -0.39 is 11.8 Å². The predicted octanol–water partition coefficient (Wildman–Crippen LogP) is -0.643. The lowest BCUT2D eigenvalue weighted by Crippen LogP contribution is -2.40. The summed E-state index contributed by atoms with van der Waals surface area (Å²) in [7, 11) is 0. The first-order valence-corrected chi connectivity index (χ1v) is 8.04. The van der Waals surface area contributed by atoms with Crippen molar-refractivity contribution in [2.24, 2.45) is 11.7 Å². The van der Waals surface area contributed by atoms with Gasteiger partial charge >= 0.3 is 0 Å². The molecule has 0 radical (unpaired) electrons.